The van der Waals surface area contributed by atoms with Gasteiger partial charge in [0.15, 0.2) is 0 Å². The number of fused-ring (bicyclic) bond motifs is 5. The Morgan fingerprint density at radius 1 is 1.14 bits per heavy atom. The lowest BCUT2D eigenvalue weighted by molar-refractivity contribution is -0.189. The molecule has 0 radical (unpaired) electrons. The molecule has 4 aliphatic rings. The molecule has 37 heavy (non-hydrogen) atoms. The SMILES string of the molecule is CC1=C[C@H]2[C@@]3(O)[C@H](C)C[C@]4(OC(=O)c5ccc(C(F)(F)F)cc5)[C@H]([C@@H]3C=C(CO)C[C@]2(O)C1O)C4(C)C. The molecule has 1 aromatic carbocycles. The summed E-state index contributed by atoms with van der Waals surface area (Å²) in [4.78, 5) is 13.1. The van der Waals surface area contributed by atoms with Crippen molar-refractivity contribution >= 4 is 5.97 Å². The fourth-order valence-corrected chi connectivity index (χ4v) is 7.79. The van der Waals surface area contributed by atoms with Crippen molar-refractivity contribution in [3.05, 3.63) is 58.7 Å². The van der Waals surface area contributed by atoms with E-state index >= 15 is 0 Å². The zero-order chi connectivity index (χ0) is 27.3. The topological polar surface area (TPSA) is 107 Å². The van der Waals surface area contributed by atoms with Crippen molar-refractivity contribution in [2.24, 2.45) is 29.1 Å². The van der Waals surface area contributed by atoms with Crippen molar-refractivity contribution in [1.82, 2.24) is 0 Å². The van der Waals surface area contributed by atoms with E-state index in [1.54, 1.807) is 19.1 Å². The average Bonchev–Trinajstić information content (AvgIpc) is 3.22. The van der Waals surface area contributed by atoms with Crippen LogP contribution in [0.25, 0.3) is 0 Å². The Bertz CT molecular complexity index is 1190. The standard InChI is InChI=1S/C28H33F3O6/c1-14-9-20-25(35,22(14)33)12-16(13-32)10-19-21-24(3,4)26(21,11-15(2)27(19,20)36)37-23(34)17-5-7-18(8-6-17)28(29,30)31/h5-10,15,19-22,32-33,35-36H,11-13H2,1-4H3/t15-,19+,20-,21-,22?,25-,26+,27-/m1/s1. The predicted molar refractivity (Wildman–Crippen MR) is 127 cm³/mol. The zero-order valence-corrected chi connectivity index (χ0v) is 21.2. The van der Waals surface area contributed by atoms with E-state index < -0.39 is 63.8 Å². The number of carbonyl (C=O) groups is 1. The van der Waals surface area contributed by atoms with Gasteiger partial charge in [0.1, 0.15) is 17.3 Å². The van der Waals surface area contributed by atoms with E-state index in [1.807, 2.05) is 20.8 Å². The molecule has 0 bridgehead atoms. The van der Waals surface area contributed by atoms with Gasteiger partial charge < -0.3 is 25.2 Å². The quantitative estimate of drug-likeness (QED) is 0.357. The molecule has 4 aliphatic carbocycles. The highest BCUT2D eigenvalue weighted by atomic mass is 19.4. The third-order valence-corrected chi connectivity index (χ3v) is 9.80. The first-order valence-electron chi connectivity index (χ1n) is 12.6. The summed E-state index contributed by atoms with van der Waals surface area (Å²) in [5.41, 5.74) is -4.62. The molecule has 0 aromatic heterocycles. The highest BCUT2D eigenvalue weighted by molar-refractivity contribution is 5.90. The van der Waals surface area contributed by atoms with Gasteiger partial charge in [-0.2, -0.15) is 13.2 Å². The summed E-state index contributed by atoms with van der Waals surface area (Å²) in [5.74, 6) is -3.03. The average molecular weight is 523 g/mol. The van der Waals surface area contributed by atoms with E-state index in [2.05, 4.69) is 0 Å². The molecule has 0 saturated heterocycles. The van der Waals surface area contributed by atoms with Crippen molar-refractivity contribution in [1.29, 1.82) is 0 Å². The number of carbonyl (C=O) groups excluding carboxylic acids is 1. The van der Waals surface area contributed by atoms with Crippen LogP contribution in [0.3, 0.4) is 0 Å². The molecule has 1 aromatic rings. The number of aliphatic hydroxyl groups excluding tert-OH is 2. The monoisotopic (exact) mass is 522 g/mol. The molecule has 6 nitrogen and oxygen atoms in total. The van der Waals surface area contributed by atoms with Gasteiger partial charge in [-0.25, -0.2) is 4.79 Å². The minimum atomic E-state index is -4.52. The maximum absolute atomic E-state index is 13.1. The van der Waals surface area contributed by atoms with Crippen LogP contribution in [0, 0.1) is 29.1 Å². The first-order chi connectivity index (χ1) is 17.0. The lowest BCUT2D eigenvalue weighted by Gasteiger charge is -2.51. The number of rotatable bonds is 3. The highest BCUT2D eigenvalue weighted by Gasteiger charge is 2.83. The molecule has 0 spiro atoms. The van der Waals surface area contributed by atoms with Gasteiger partial charge in [0.25, 0.3) is 0 Å². The van der Waals surface area contributed by atoms with Crippen molar-refractivity contribution < 1.29 is 43.1 Å². The second-order valence-corrected chi connectivity index (χ2v) is 12.0. The Morgan fingerprint density at radius 2 is 1.76 bits per heavy atom. The Balaban J connectivity index is 1.52. The van der Waals surface area contributed by atoms with Gasteiger partial charge >= 0.3 is 12.1 Å². The van der Waals surface area contributed by atoms with Crippen molar-refractivity contribution in [3.63, 3.8) is 0 Å². The summed E-state index contributed by atoms with van der Waals surface area (Å²) in [6.07, 6.45) is -1.98. The minimum Gasteiger partial charge on any atom is -0.455 e. The molecule has 0 aliphatic heterocycles. The molecule has 4 N–H and O–H groups in total. The number of benzene rings is 1. The van der Waals surface area contributed by atoms with Crippen molar-refractivity contribution in [2.45, 2.75) is 69.6 Å². The van der Waals surface area contributed by atoms with Gasteiger partial charge in [-0.15, -0.1) is 0 Å². The van der Waals surface area contributed by atoms with Crippen LogP contribution < -0.4 is 0 Å². The molecule has 2 saturated carbocycles. The minimum absolute atomic E-state index is 0.00313. The van der Waals surface area contributed by atoms with E-state index in [0.29, 0.717) is 11.1 Å². The predicted octanol–water partition coefficient (Wildman–Crippen LogP) is 3.63. The largest absolute Gasteiger partial charge is 0.455 e. The molecular formula is C28H33F3O6. The van der Waals surface area contributed by atoms with Gasteiger partial charge in [0.2, 0.25) is 0 Å². The maximum atomic E-state index is 13.1. The third kappa shape index (κ3) is 3.43. The number of aliphatic hydroxyl groups is 4. The van der Waals surface area contributed by atoms with Crippen molar-refractivity contribution in [3.8, 4) is 0 Å². The van der Waals surface area contributed by atoms with Crippen LogP contribution in [0.1, 0.15) is 56.5 Å². The van der Waals surface area contributed by atoms with Crippen LogP contribution in [-0.4, -0.2) is 55.9 Å². The molecule has 202 valence electrons. The summed E-state index contributed by atoms with van der Waals surface area (Å²) in [6, 6.07) is 3.87. The third-order valence-electron chi connectivity index (χ3n) is 9.80. The lowest BCUT2D eigenvalue weighted by Crippen LogP contribution is -2.61. The van der Waals surface area contributed by atoms with Gasteiger partial charge in [0.05, 0.1) is 23.3 Å². The Kier molecular flexibility index (Phi) is 5.65. The summed E-state index contributed by atoms with van der Waals surface area (Å²) in [5, 5.41) is 44.9. The number of alkyl halides is 3. The Labute approximate surface area is 213 Å². The van der Waals surface area contributed by atoms with E-state index in [9.17, 15) is 38.4 Å². The van der Waals surface area contributed by atoms with E-state index in [4.69, 9.17) is 4.74 Å². The molecule has 2 fully saturated rings. The smallest absolute Gasteiger partial charge is 0.416 e. The molecule has 0 heterocycles. The first-order valence-corrected chi connectivity index (χ1v) is 12.6. The molecular weight excluding hydrogens is 489 g/mol. The van der Waals surface area contributed by atoms with Gasteiger partial charge in [-0.1, -0.05) is 32.9 Å². The lowest BCUT2D eigenvalue weighted by atomic mass is 9.60. The van der Waals surface area contributed by atoms with E-state index in [-0.39, 0.29) is 30.9 Å². The summed E-state index contributed by atoms with van der Waals surface area (Å²) >= 11 is 0. The normalized spacial score (nSPS) is 42.0. The highest BCUT2D eigenvalue weighted by Crippen LogP contribution is 2.76. The van der Waals surface area contributed by atoms with Gasteiger partial charge in [0, 0.05) is 29.6 Å². The summed E-state index contributed by atoms with van der Waals surface area (Å²) in [7, 11) is 0. The molecule has 8 atom stereocenters. The first kappa shape index (κ1) is 26.4. The number of ether oxygens (including phenoxy) is 1. The maximum Gasteiger partial charge on any atom is 0.416 e. The summed E-state index contributed by atoms with van der Waals surface area (Å²) in [6.45, 7) is 6.99. The second kappa shape index (κ2) is 7.91. The number of hydrogen-bond acceptors (Lipinski definition) is 6. The fraction of sp³-hybridized carbons (Fsp3) is 0.607. The zero-order valence-electron chi connectivity index (χ0n) is 21.2. The molecule has 5 rings (SSSR count). The fourth-order valence-electron chi connectivity index (χ4n) is 7.79. The Hall–Kier alpha value is -2.20. The molecule has 1 unspecified atom stereocenters. The van der Waals surface area contributed by atoms with Gasteiger partial charge in [-0.05, 0) is 54.7 Å². The number of halogens is 3. The molecule has 0 amide bonds. The van der Waals surface area contributed by atoms with Crippen LogP contribution in [0.2, 0.25) is 0 Å². The number of hydrogen-bond donors (Lipinski definition) is 4. The van der Waals surface area contributed by atoms with E-state index in [1.165, 1.54) is 0 Å². The molecule has 9 heteroatoms. The van der Waals surface area contributed by atoms with E-state index in [0.717, 1.165) is 24.3 Å². The van der Waals surface area contributed by atoms with Crippen LogP contribution >= 0.6 is 0 Å². The second-order valence-electron chi connectivity index (χ2n) is 12.0. The van der Waals surface area contributed by atoms with Crippen LogP contribution in [-0.2, 0) is 10.9 Å². The summed E-state index contributed by atoms with van der Waals surface area (Å²) < 4.78 is 45.0. The van der Waals surface area contributed by atoms with Crippen molar-refractivity contribution in [2.75, 3.05) is 6.61 Å². The Morgan fingerprint density at radius 3 is 2.32 bits per heavy atom. The van der Waals surface area contributed by atoms with Crippen LogP contribution in [0.4, 0.5) is 13.2 Å². The van der Waals surface area contributed by atoms with Crippen LogP contribution in [0.5, 0.6) is 0 Å². The van der Waals surface area contributed by atoms with Gasteiger partial charge in [-0.3, -0.25) is 0 Å². The van der Waals surface area contributed by atoms with Crippen LogP contribution in [0.15, 0.2) is 47.6 Å². The number of esters is 1.